The van der Waals surface area contributed by atoms with Crippen LogP contribution in [0.25, 0.3) is 0 Å². The summed E-state index contributed by atoms with van der Waals surface area (Å²) in [5.41, 5.74) is 3.49. The topological polar surface area (TPSA) is 70.4 Å². The fourth-order valence-electron chi connectivity index (χ4n) is 2.99. The molecule has 1 unspecified atom stereocenters. The molecular formula is C20H18N2O3. The minimum atomic E-state index is -0.606. The Hall–Kier alpha value is -3.13. The van der Waals surface area contributed by atoms with Crippen molar-refractivity contribution in [3.05, 3.63) is 70.8 Å². The lowest BCUT2D eigenvalue weighted by atomic mass is 9.94. The average molecular weight is 334 g/mol. The van der Waals surface area contributed by atoms with Crippen molar-refractivity contribution in [2.24, 2.45) is 0 Å². The molecule has 0 aromatic heterocycles. The van der Waals surface area contributed by atoms with Crippen molar-refractivity contribution >= 4 is 11.9 Å². The van der Waals surface area contributed by atoms with E-state index >= 15 is 0 Å². The van der Waals surface area contributed by atoms with Crippen LogP contribution in [-0.2, 0) is 33.9 Å². The first-order chi connectivity index (χ1) is 12.1. The third kappa shape index (κ3) is 3.69. The summed E-state index contributed by atoms with van der Waals surface area (Å²) in [6.07, 6.45) is 0.460. The second-order valence-corrected chi connectivity index (χ2v) is 6.05. The Morgan fingerprint density at radius 3 is 2.48 bits per heavy atom. The quantitative estimate of drug-likeness (QED) is 0.809. The van der Waals surface area contributed by atoms with Crippen molar-refractivity contribution in [2.75, 3.05) is 0 Å². The summed E-state index contributed by atoms with van der Waals surface area (Å²) in [5.74, 6) is -0.552. The number of nitrogens with zero attached hydrogens (tertiary/aromatic N) is 2. The smallest absolute Gasteiger partial charge is 0.329 e. The second kappa shape index (κ2) is 7.18. The second-order valence-electron chi connectivity index (χ2n) is 6.05. The van der Waals surface area contributed by atoms with E-state index in [-0.39, 0.29) is 12.5 Å². The summed E-state index contributed by atoms with van der Waals surface area (Å²) in [6, 6.07) is 16.1. The molecule has 1 aliphatic heterocycles. The van der Waals surface area contributed by atoms with Crippen molar-refractivity contribution in [3.63, 3.8) is 0 Å². The van der Waals surface area contributed by atoms with E-state index in [0.717, 1.165) is 16.7 Å². The van der Waals surface area contributed by atoms with Gasteiger partial charge in [-0.1, -0.05) is 36.4 Å². The predicted octanol–water partition coefficient (Wildman–Crippen LogP) is 2.57. The van der Waals surface area contributed by atoms with Crippen LogP contribution in [0.15, 0.2) is 48.5 Å². The Bertz CT molecular complexity index is 837. The zero-order valence-corrected chi connectivity index (χ0v) is 13.9. The Morgan fingerprint density at radius 2 is 1.84 bits per heavy atom. The third-order valence-electron chi connectivity index (χ3n) is 4.39. The number of carbonyl (C=O) groups is 2. The summed E-state index contributed by atoms with van der Waals surface area (Å²) >= 11 is 0. The molecule has 5 heteroatoms. The van der Waals surface area contributed by atoms with Crippen LogP contribution in [0.2, 0.25) is 0 Å². The van der Waals surface area contributed by atoms with Gasteiger partial charge in [0.1, 0.15) is 12.6 Å². The molecule has 5 nitrogen and oxygen atoms in total. The van der Waals surface area contributed by atoms with Gasteiger partial charge < -0.3 is 9.64 Å². The molecule has 126 valence electrons. The number of hydrogen-bond donors (Lipinski definition) is 0. The minimum absolute atomic E-state index is 0.119. The molecule has 2 aromatic carbocycles. The summed E-state index contributed by atoms with van der Waals surface area (Å²) < 4.78 is 5.42. The lowest BCUT2D eigenvalue weighted by Gasteiger charge is -2.34. The van der Waals surface area contributed by atoms with Gasteiger partial charge in [-0.15, -0.1) is 0 Å². The van der Waals surface area contributed by atoms with Gasteiger partial charge in [-0.3, -0.25) is 4.79 Å². The summed E-state index contributed by atoms with van der Waals surface area (Å²) in [4.78, 5) is 26.1. The van der Waals surface area contributed by atoms with E-state index in [1.54, 1.807) is 29.2 Å². The molecule has 1 amide bonds. The SMILES string of the molecule is CC(=O)N1Cc2ccccc2CC1C(=O)OCc1ccc(C#N)cc1. The number of carbonyl (C=O) groups excluding carboxylic acids is 2. The highest BCUT2D eigenvalue weighted by molar-refractivity contribution is 5.84. The van der Waals surface area contributed by atoms with Gasteiger partial charge >= 0.3 is 5.97 Å². The van der Waals surface area contributed by atoms with Gasteiger partial charge in [0, 0.05) is 19.9 Å². The molecule has 0 bridgehead atoms. The highest BCUT2D eigenvalue weighted by Gasteiger charge is 2.34. The zero-order chi connectivity index (χ0) is 17.8. The standard InChI is InChI=1S/C20H18N2O3/c1-14(23)22-12-18-5-3-2-4-17(18)10-19(22)20(24)25-13-16-8-6-15(11-21)7-9-16/h2-9,19H,10,12-13H2,1H3. The minimum Gasteiger partial charge on any atom is -0.459 e. The maximum atomic E-state index is 12.6. The maximum Gasteiger partial charge on any atom is 0.329 e. The molecule has 0 radical (unpaired) electrons. The Kier molecular flexibility index (Phi) is 4.80. The van der Waals surface area contributed by atoms with E-state index in [1.165, 1.54) is 6.92 Å². The van der Waals surface area contributed by atoms with Crippen LogP contribution in [0.1, 0.15) is 29.2 Å². The van der Waals surface area contributed by atoms with Crippen LogP contribution in [0.4, 0.5) is 0 Å². The lowest BCUT2D eigenvalue weighted by molar-refractivity contribution is -0.156. The normalized spacial score (nSPS) is 15.8. The molecule has 1 atom stereocenters. The fraction of sp³-hybridized carbons (Fsp3) is 0.250. The first-order valence-electron chi connectivity index (χ1n) is 8.08. The van der Waals surface area contributed by atoms with Crippen LogP contribution < -0.4 is 0 Å². The number of rotatable bonds is 3. The third-order valence-corrected chi connectivity index (χ3v) is 4.39. The molecule has 1 aliphatic rings. The number of benzene rings is 2. The zero-order valence-electron chi connectivity index (χ0n) is 13.9. The van der Waals surface area contributed by atoms with Gasteiger partial charge in [0.25, 0.3) is 0 Å². The van der Waals surface area contributed by atoms with Crippen molar-refractivity contribution in [2.45, 2.75) is 32.5 Å². The highest BCUT2D eigenvalue weighted by atomic mass is 16.5. The van der Waals surface area contributed by atoms with Crippen LogP contribution in [-0.4, -0.2) is 22.8 Å². The molecular weight excluding hydrogens is 316 g/mol. The van der Waals surface area contributed by atoms with Gasteiger partial charge in [0.05, 0.1) is 11.6 Å². The van der Waals surface area contributed by atoms with E-state index in [4.69, 9.17) is 10.00 Å². The van der Waals surface area contributed by atoms with E-state index in [9.17, 15) is 9.59 Å². The highest BCUT2D eigenvalue weighted by Crippen LogP contribution is 2.24. The van der Waals surface area contributed by atoms with Crippen LogP contribution in [0.5, 0.6) is 0 Å². The number of fused-ring (bicyclic) bond motifs is 1. The summed E-state index contributed by atoms with van der Waals surface area (Å²) in [6.45, 7) is 2.01. The fourth-order valence-corrected chi connectivity index (χ4v) is 2.99. The van der Waals surface area contributed by atoms with Gasteiger partial charge in [-0.05, 0) is 28.8 Å². The van der Waals surface area contributed by atoms with Crippen LogP contribution in [0.3, 0.4) is 0 Å². The molecule has 0 saturated carbocycles. The molecule has 0 N–H and O–H groups in total. The molecule has 0 saturated heterocycles. The molecule has 25 heavy (non-hydrogen) atoms. The van der Waals surface area contributed by atoms with Crippen LogP contribution >= 0.6 is 0 Å². The molecule has 2 aromatic rings. The number of ether oxygens (including phenoxy) is 1. The molecule has 3 rings (SSSR count). The first-order valence-corrected chi connectivity index (χ1v) is 8.08. The largest absolute Gasteiger partial charge is 0.459 e. The summed E-state index contributed by atoms with van der Waals surface area (Å²) in [5, 5.41) is 8.81. The Labute approximate surface area is 146 Å². The maximum absolute atomic E-state index is 12.6. The summed E-state index contributed by atoms with van der Waals surface area (Å²) in [7, 11) is 0. The first kappa shape index (κ1) is 16.7. The monoisotopic (exact) mass is 334 g/mol. The molecule has 0 spiro atoms. The van der Waals surface area contributed by atoms with E-state index in [2.05, 4.69) is 0 Å². The number of esters is 1. The predicted molar refractivity (Wildman–Crippen MR) is 91.1 cm³/mol. The molecule has 0 aliphatic carbocycles. The van der Waals surface area contributed by atoms with Gasteiger partial charge in [-0.25, -0.2) is 4.79 Å². The lowest BCUT2D eigenvalue weighted by Crippen LogP contribution is -2.48. The van der Waals surface area contributed by atoms with Crippen molar-refractivity contribution < 1.29 is 14.3 Å². The van der Waals surface area contributed by atoms with Gasteiger partial charge in [-0.2, -0.15) is 5.26 Å². The van der Waals surface area contributed by atoms with E-state index in [1.807, 2.05) is 30.3 Å². The van der Waals surface area contributed by atoms with Gasteiger partial charge in [0.15, 0.2) is 0 Å². The Balaban J connectivity index is 1.71. The van der Waals surface area contributed by atoms with Crippen molar-refractivity contribution in [3.8, 4) is 6.07 Å². The van der Waals surface area contributed by atoms with E-state index in [0.29, 0.717) is 18.5 Å². The van der Waals surface area contributed by atoms with Crippen LogP contribution in [0, 0.1) is 11.3 Å². The van der Waals surface area contributed by atoms with Crippen molar-refractivity contribution in [1.29, 1.82) is 5.26 Å². The molecule has 0 fully saturated rings. The Morgan fingerprint density at radius 1 is 1.16 bits per heavy atom. The number of amides is 1. The average Bonchev–Trinajstić information content (AvgIpc) is 2.65. The van der Waals surface area contributed by atoms with E-state index < -0.39 is 12.0 Å². The van der Waals surface area contributed by atoms with Gasteiger partial charge in [0.2, 0.25) is 5.91 Å². The number of nitriles is 1. The molecule has 1 heterocycles. The van der Waals surface area contributed by atoms with Crippen molar-refractivity contribution in [1.82, 2.24) is 4.90 Å². The number of hydrogen-bond acceptors (Lipinski definition) is 4.